The second kappa shape index (κ2) is 6.68. The van der Waals surface area contributed by atoms with E-state index in [4.69, 9.17) is 5.73 Å². The highest BCUT2D eigenvalue weighted by Gasteiger charge is 2.23. The van der Waals surface area contributed by atoms with E-state index < -0.39 is 0 Å². The molecule has 1 aromatic rings. The van der Waals surface area contributed by atoms with Crippen LogP contribution in [0.3, 0.4) is 0 Å². The molecule has 4 nitrogen and oxygen atoms in total. The van der Waals surface area contributed by atoms with Crippen LogP contribution in [-0.2, 0) is 6.54 Å². The topological polar surface area (TPSA) is 58.4 Å². The molecule has 4 heteroatoms. The molecule has 1 aliphatic heterocycles. The Morgan fingerprint density at radius 1 is 1.53 bits per heavy atom. The first-order valence-electron chi connectivity index (χ1n) is 7.06. The molecule has 1 heterocycles. The van der Waals surface area contributed by atoms with Crippen LogP contribution in [0.15, 0.2) is 24.3 Å². The molecule has 19 heavy (non-hydrogen) atoms. The normalized spacial score (nSPS) is 19.6. The maximum Gasteiger partial charge on any atom is 0.251 e. The Morgan fingerprint density at radius 2 is 2.37 bits per heavy atom. The van der Waals surface area contributed by atoms with Crippen molar-refractivity contribution in [3.05, 3.63) is 35.4 Å². The zero-order chi connectivity index (χ0) is 13.7. The van der Waals surface area contributed by atoms with Crippen molar-refractivity contribution in [3.8, 4) is 0 Å². The summed E-state index contributed by atoms with van der Waals surface area (Å²) in [6.07, 6.45) is 2.41. The smallest absolute Gasteiger partial charge is 0.251 e. The molecule has 0 spiro atoms. The average molecular weight is 261 g/mol. The maximum atomic E-state index is 12.1. The van der Waals surface area contributed by atoms with Gasteiger partial charge in [0.25, 0.3) is 5.91 Å². The van der Waals surface area contributed by atoms with Crippen molar-refractivity contribution in [3.63, 3.8) is 0 Å². The van der Waals surface area contributed by atoms with Crippen molar-refractivity contribution in [2.24, 2.45) is 5.73 Å². The van der Waals surface area contributed by atoms with Gasteiger partial charge in [-0.15, -0.1) is 0 Å². The number of nitrogens with zero attached hydrogens (tertiary/aromatic N) is 1. The lowest BCUT2D eigenvalue weighted by atomic mass is 10.1. The highest BCUT2D eigenvalue weighted by Crippen LogP contribution is 2.15. The van der Waals surface area contributed by atoms with Crippen LogP contribution in [0.1, 0.15) is 35.7 Å². The summed E-state index contributed by atoms with van der Waals surface area (Å²) in [5.74, 6) is -0.00162. The number of amides is 1. The van der Waals surface area contributed by atoms with Crippen LogP contribution in [0, 0.1) is 0 Å². The molecule has 1 aromatic carbocycles. The van der Waals surface area contributed by atoms with Crippen LogP contribution in [0.4, 0.5) is 0 Å². The number of likely N-dealkylation sites (N-methyl/N-ethyl adjacent to an activating group) is 1. The summed E-state index contributed by atoms with van der Waals surface area (Å²) in [6, 6.07) is 8.01. The van der Waals surface area contributed by atoms with Crippen molar-refractivity contribution < 1.29 is 4.79 Å². The molecule has 104 valence electrons. The van der Waals surface area contributed by atoms with Gasteiger partial charge in [-0.2, -0.15) is 0 Å². The fourth-order valence-electron chi connectivity index (χ4n) is 2.69. The largest absolute Gasteiger partial charge is 0.350 e. The first kappa shape index (κ1) is 14.0. The molecule has 0 bridgehead atoms. The Bertz CT molecular complexity index is 433. The predicted octanol–water partition coefficient (Wildman–Crippen LogP) is 1.36. The molecule has 1 amide bonds. The summed E-state index contributed by atoms with van der Waals surface area (Å²) >= 11 is 0. The summed E-state index contributed by atoms with van der Waals surface area (Å²) in [4.78, 5) is 14.5. The number of hydrogen-bond donors (Lipinski definition) is 2. The van der Waals surface area contributed by atoms with Crippen LogP contribution < -0.4 is 11.1 Å². The van der Waals surface area contributed by atoms with Gasteiger partial charge in [0.15, 0.2) is 0 Å². The van der Waals surface area contributed by atoms with E-state index in [2.05, 4.69) is 17.1 Å². The van der Waals surface area contributed by atoms with Crippen molar-refractivity contribution in [2.45, 2.75) is 32.4 Å². The quantitative estimate of drug-likeness (QED) is 0.841. The number of benzene rings is 1. The molecular formula is C15H23N3O. The lowest BCUT2D eigenvalue weighted by Crippen LogP contribution is -2.40. The second-order valence-corrected chi connectivity index (χ2v) is 5.04. The zero-order valence-corrected chi connectivity index (χ0v) is 11.6. The number of nitrogens with one attached hydrogen (secondary N) is 1. The van der Waals surface area contributed by atoms with Crippen molar-refractivity contribution >= 4 is 5.91 Å². The van der Waals surface area contributed by atoms with E-state index in [9.17, 15) is 4.79 Å². The van der Waals surface area contributed by atoms with E-state index in [1.807, 2.05) is 24.3 Å². The van der Waals surface area contributed by atoms with E-state index in [0.29, 0.717) is 18.2 Å². The Balaban J connectivity index is 1.90. The molecule has 3 N–H and O–H groups in total. The van der Waals surface area contributed by atoms with Gasteiger partial charge in [0.05, 0.1) is 0 Å². The lowest BCUT2D eigenvalue weighted by Gasteiger charge is -2.22. The Kier molecular flexibility index (Phi) is 4.93. The second-order valence-electron chi connectivity index (χ2n) is 5.04. The third-order valence-corrected chi connectivity index (χ3v) is 3.83. The number of nitrogens with two attached hydrogens (primary N) is 1. The van der Waals surface area contributed by atoms with Crippen LogP contribution in [-0.4, -0.2) is 36.5 Å². The monoisotopic (exact) mass is 261 g/mol. The minimum Gasteiger partial charge on any atom is -0.350 e. The minimum absolute atomic E-state index is 0.00162. The summed E-state index contributed by atoms with van der Waals surface area (Å²) in [5.41, 5.74) is 7.28. The van der Waals surface area contributed by atoms with Gasteiger partial charge in [0, 0.05) is 24.7 Å². The number of carbonyl (C=O) groups is 1. The van der Waals surface area contributed by atoms with Gasteiger partial charge < -0.3 is 11.1 Å². The van der Waals surface area contributed by atoms with E-state index in [1.54, 1.807) is 0 Å². The van der Waals surface area contributed by atoms with Crippen LogP contribution in [0.5, 0.6) is 0 Å². The molecule has 0 saturated carbocycles. The molecule has 0 aliphatic carbocycles. The van der Waals surface area contributed by atoms with Gasteiger partial charge in [-0.3, -0.25) is 9.69 Å². The zero-order valence-electron chi connectivity index (χ0n) is 11.6. The summed E-state index contributed by atoms with van der Waals surface area (Å²) in [6.45, 7) is 5.58. The molecular weight excluding hydrogens is 238 g/mol. The van der Waals surface area contributed by atoms with Gasteiger partial charge in [-0.05, 0) is 43.6 Å². The summed E-state index contributed by atoms with van der Waals surface area (Å²) < 4.78 is 0. The maximum absolute atomic E-state index is 12.1. The van der Waals surface area contributed by atoms with Crippen LogP contribution >= 0.6 is 0 Å². The van der Waals surface area contributed by atoms with E-state index in [-0.39, 0.29) is 5.91 Å². The van der Waals surface area contributed by atoms with Crippen LogP contribution in [0.25, 0.3) is 0 Å². The molecule has 2 rings (SSSR count). The number of hydrogen-bond acceptors (Lipinski definition) is 3. The van der Waals surface area contributed by atoms with Crippen molar-refractivity contribution in [2.75, 3.05) is 19.6 Å². The lowest BCUT2D eigenvalue weighted by molar-refractivity contribution is 0.0941. The predicted molar refractivity (Wildman–Crippen MR) is 76.9 cm³/mol. The third-order valence-electron chi connectivity index (χ3n) is 3.83. The van der Waals surface area contributed by atoms with Crippen molar-refractivity contribution in [1.29, 1.82) is 0 Å². The molecule has 1 fully saturated rings. The van der Waals surface area contributed by atoms with Gasteiger partial charge >= 0.3 is 0 Å². The standard InChI is InChI=1S/C15H23N3O/c1-2-18-8-4-7-14(18)11-17-15(19)13-6-3-5-12(9-13)10-16/h3,5-6,9,14H,2,4,7-8,10-11,16H2,1H3,(H,17,19). The van der Waals surface area contributed by atoms with Gasteiger partial charge in [-0.1, -0.05) is 19.1 Å². The number of rotatable bonds is 5. The van der Waals surface area contributed by atoms with E-state index >= 15 is 0 Å². The fourth-order valence-corrected chi connectivity index (χ4v) is 2.69. The number of likely N-dealkylation sites (tertiary alicyclic amines) is 1. The molecule has 1 saturated heterocycles. The molecule has 1 unspecified atom stereocenters. The molecule has 0 radical (unpaired) electrons. The SMILES string of the molecule is CCN1CCCC1CNC(=O)c1cccc(CN)c1. The van der Waals surface area contributed by atoms with Crippen LogP contribution in [0.2, 0.25) is 0 Å². The Hall–Kier alpha value is -1.39. The average Bonchev–Trinajstić information content (AvgIpc) is 2.92. The highest BCUT2D eigenvalue weighted by molar-refractivity contribution is 5.94. The molecule has 0 aromatic heterocycles. The van der Waals surface area contributed by atoms with Crippen molar-refractivity contribution in [1.82, 2.24) is 10.2 Å². The van der Waals surface area contributed by atoms with Gasteiger partial charge in [0.1, 0.15) is 0 Å². The van der Waals surface area contributed by atoms with Gasteiger partial charge in [0.2, 0.25) is 0 Å². The number of carbonyl (C=O) groups excluding carboxylic acids is 1. The fraction of sp³-hybridized carbons (Fsp3) is 0.533. The Labute approximate surface area is 115 Å². The highest BCUT2D eigenvalue weighted by atomic mass is 16.1. The minimum atomic E-state index is -0.00162. The molecule has 1 atom stereocenters. The summed E-state index contributed by atoms with van der Waals surface area (Å²) in [7, 11) is 0. The third kappa shape index (κ3) is 3.55. The summed E-state index contributed by atoms with van der Waals surface area (Å²) in [5, 5.41) is 3.04. The first-order chi connectivity index (χ1) is 9.24. The Morgan fingerprint density at radius 3 is 3.11 bits per heavy atom. The molecule has 1 aliphatic rings. The van der Waals surface area contributed by atoms with E-state index in [0.717, 1.165) is 25.2 Å². The first-order valence-corrected chi connectivity index (χ1v) is 7.06. The van der Waals surface area contributed by atoms with Gasteiger partial charge in [-0.25, -0.2) is 0 Å². The van der Waals surface area contributed by atoms with E-state index in [1.165, 1.54) is 12.8 Å².